The van der Waals surface area contributed by atoms with Gasteiger partial charge in [0.15, 0.2) is 5.78 Å². The molecule has 0 radical (unpaired) electrons. The van der Waals surface area contributed by atoms with E-state index in [1.54, 1.807) is 16.9 Å². The molecule has 4 heteroatoms. The zero-order valence-electron chi connectivity index (χ0n) is 10.6. The Kier molecular flexibility index (Phi) is 2.83. The number of aryl methyl sites for hydroxylation is 1. The second-order valence-electron chi connectivity index (χ2n) is 4.51. The third kappa shape index (κ3) is 2.38. The molecule has 0 aliphatic rings. The van der Waals surface area contributed by atoms with Crippen molar-refractivity contribution >= 4 is 16.7 Å². The molecule has 0 saturated heterocycles. The number of benzene rings is 1. The Hall–Kier alpha value is -2.49. The Balaban J connectivity index is 1.89. The molecule has 0 bridgehead atoms. The zero-order chi connectivity index (χ0) is 13.2. The summed E-state index contributed by atoms with van der Waals surface area (Å²) in [5.41, 5.74) is 2.25. The van der Waals surface area contributed by atoms with Crippen LogP contribution in [0.25, 0.3) is 10.9 Å². The van der Waals surface area contributed by atoms with E-state index < -0.39 is 0 Å². The van der Waals surface area contributed by atoms with Crippen molar-refractivity contribution in [2.24, 2.45) is 7.05 Å². The van der Waals surface area contributed by atoms with Gasteiger partial charge in [-0.3, -0.25) is 9.48 Å². The van der Waals surface area contributed by atoms with E-state index in [2.05, 4.69) is 10.1 Å². The van der Waals surface area contributed by atoms with Gasteiger partial charge >= 0.3 is 0 Å². The molecule has 0 unspecified atom stereocenters. The van der Waals surface area contributed by atoms with Crippen LogP contribution < -0.4 is 0 Å². The summed E-state index contributed by atoms with van der Waals surface area (Å²) in [4.78, 5) is 16.6. The van der Waals surface area contributed by atoms with Gasteiger partial charge in [-0.2, -0.15) is 5.10 Å². The van der Waals surface area contributed by atoms with E-state index in [4.69, 9.17) is 0 Å². The van der Waals surface area contributed by atoms with Crippen LogP contribution in [0.15, 0.2) is 48.8 Å². The highest BCUT2D eigenvalue weighted by Crippen LogP contribution is 2.13. The predicted molar refractivity (Wildman–Crippen MR) is 73.0 cm³/mol. The molecule has 19 heavy (non-hydrogen) atoms. The van der Waals surface area contributed by atoms with Crippen molar-refractivity contribution in [3.05, 3.63) is 60.0 Å². The molecule has 2 heterocycles. The molecule has 0 N–H and O–H groups in total. The number of carbonyl (C=O) groups is 1. The molecule has 94 valence electrons. The number of Topliss-reactive ketones (excluding diaryl/α,β-unsaturated/α-hetero) is 1. The highest BCUT2D eigenvalue weighted by molar-refractivity contribution is 5.97. The fourth-order valence-corrected chi connectivity index (χ4v) is 2.06. The Morgan fingerprint density at radius 2 is 2.05 bits per heavy atom. The number of carbonyl (C=O) groups excluding carboxylic acids is 1. The first kappa shape index (κ1) is 11.6. The number of para-hydroxylation sites is 1. The fraction of sp³-hybridized carbons (Fsp3) is 0.133. The fourth-order valence-electron chi connectivity index (χ4n) is 2.06. The first-order valence-corrected chi connectivity index (χ1v) is 6.09. The van der Waals surface area contributed by atoms with Crippen molar-refractivity contribution < 1.29 is 4.79 Å². The molecule has 4 nitrogen and oxygen atoms in total. The van der Waals surface area contributed by atoms with Crippen molar-refractivity contribution in [1.29, 1.82) is 0 Å². The summed E-state index contributed by atoms with van der Waals surface area (Å²) < 4.78 is 1.69. The van der Waals surface area contributed by atoms with Gasteiger partial charge in [-0.15, -0.1) is 0 Å². The lowest BCUT2D eigenvalue weighted by molar-refractivity contribution is 0.0988. The van der Waals surface area contributed by atoms with Gasteiger partial charge in [0.1, 0.15) is 5.69 Å². The average Bonchev–Trinajstić information content (AvgIpc) is 2.83. The van der Waals surface area contributed by atoms with Gasteiger partial charge in [0.25, 0.3) is 0 Å². The second-order valence-corrected chi connectivity index (χ2v) is 4.51. The maximum absolute atomic E-state index is 12.2. The van der Waals surface area contributed by atoms with E-state index in [0.29, 0.717) is 12.1 Å². The molecular formula is C15H13N3O. The minimum absolute atomic E-state index is 0.0127. The number of ketones is 1. The van der Waals surface area contributed by atoms with Gasteiger partial charge < -0.3 is 0 Å². The van der Waals surface area contributed by atoms with E-state index in [1.807, 2.05) is 43.6 Å². The monoisotopic (exact) mass is 251 g/mol. The van der Waals surface area contributed by atoms with Crippen LogP contribution in [0, 0.1) is 0 Å². The van der Waals surface area contributed by atoms with Crippen LogP contribution >= 0.6 is 0 Å². The largest absolute Gasteiger partial charge is 0.292 e. The van der Waals surface area contributed by atoms with Gasteiger partial charge in [-0.05, 0) is 17.7 Å². The van der Waals surface area contributed by atoms with Gasteiger partial charge in [-0.25, -0.2) is 4.98 Å². The normalized spacial score (nSPS) is 10.8. The molecule has 0 aliphatic carbocycles. The minimum atomic E-state index is 0.0127. The minimum Gasteiger partial charge on any atom is -0.292 e. The lowest BCUT2D eigenvalue weighted by Gasteiger charge is -2.01. The molecule has 0 saturated carbocycles. The molecule has 3 aromatic rings. The number of hydrogen-bond acceptors (Lipinski definition) is 3. The average molecular weight is 251 g/mol. The molecule has 0 atom stereocenters. The van der Waals surface area contributed by atoms with Crippen molar-refractivity contribution in [3.63, 3.8) is 0 Å². The second kappa shape index (κ2) is 4.65. The van der Waals surface area contributed by atoms with E-state index in [9.17, 15) is 4.79 Å². The van der Waals surface area contributed by atoms with Crippen LogP contribution in [0.4, 0.5) is 0 Å². The predicted octanol–water partition coefficient (Wildman–Crippen LogP) is 2.39. The third-order valence-corrected chi connectivity index (χ3v) is 3.01. The summed E-state index contributed by atoms with van der Waals surface area (Å²) in [5.74, 6) is 0.0127. The summed E-state index contributed by atoms with van der Waals surface area (Å²) in [5, 5.41) is 5.10. The van der Waals surface area contributed by atoms with Crippen molar-refractivity contribution in [3.8, 4) is 0 Å². The summed E-state index contributed by atoms with van der Waals surface area (Å²) in [6.07, 6.45) is 3.89. The summed E-state index contributed by atoms with van der Waals surface area (Å²) in [6.45, 7) is 0. The molecule has 3 rings (SSSR count). The van der Waals surface area contributed by atoms with Crippen LogP contribution in [0.1, 0.15) is 16.1 Å². The summed E-state index contributed by atoms with van der Waals surface area (Å²) in [6, 6.07) is 11.5. The Bertz CT molecular complexity index is 746. The van der Waals surface area contributed by atoms with E-state index in [-0.39, 0.29) is 5.78 Å². The first-order valence-electron chi connectivity index (χ1n) is 6.09. The number of aromatic nitrogens is 3. The van der Waals surface area contributed by atoms with Crippen molar-refractivity contribution in [1.82, 2.24) is 14.8 Å². The number of pyridine rings is 1. The number of fused-ring (bicyclic) bond motifs is 1. The molecule has 0 fully saturated rings. The quantitative estimate of drug-likeness (QED) is 0.671. The lowest BCUT2D eigenvalue weighted by atomic mass is 10.1. The van der Waals surface area contributed by atoms with Crippen LogP contribution in [-0.4, -0.2) is 20.5 Å². The van der Waals surface area contributed by atoms with E-state index in [0.717, 1.165) is 16.5 Å². The molecule has 0 amide bonds. The maximum Gasteiger partial charge on any atom is 0.185 e. The first-order chi connectivity index (χ1) is 9.22. The van der Waals surface area contributed by atoms with Gasteiger partial charge in [-0.1, -0.05) is 24.3 Å². The highest BCUT2D eigenvalue weighted by Gasteiger charge is 2.10. The van der Waals surface area contributed by atoms with Crippen LogP contribution in [0.2, 0.25) is 0 Å². The van der Waals surface area contributed by atoms with Crippen LogP contribution in [0.5, 0.6) is 0 Å². The molecule has 0 aliphatic heterocycles. The van der Waals surface area contributed by atoms with Gasteiger partial charge in [0.05, 0.1) is 11.7 Å². The number of nitrogens with zero attached hydrogens (tertiary/aromatic N) is 3. The number of hydrogen-bond donors (Lipinski definition) is 0. The smallest absolute Gasteiger partial charge is 0.185 e. The lowest BCUT2D eigenvalue weighted by Crippen LogP contribution is -2.05. The van der Waals surface area contributed by atoms with E-state index in [1.165, 1.54) is 0 Å². The third-order valence-electron chi connectivity index (χ3n) is 3.01. The standard InChI is InChI=1S/C15H13N3O/c1-18-10-11(9-16-18)8-15(19)14-7-6-12-4-2-3-5-13(12)17-14/h2-7,9-10H,8H2,1H3. The van der Waals surface area contributed by atoms with Gasteiger partial charge in [0, 0.05) is 25.1 Å². The summed E-state index contributed by atoms with van der Waals surface area (Å²) >= 11 is 0. The zero-order valence-corrected chi connectivity index (χ0v) is 10.6. The molecule has 2 aromatic heterocycles. The summed E-state index contributed by atoms with van der Waals surface area (Å²) in [7, 11) is 1.84. The Labute approximate surface area is 110 Å². The van der Waals surface area contributed by atoms with Crippen molar-refractivity contribution in [2.45, 2.75) is 6.42 Å². The SMILES string of the molecule is Cn1cc(CC(=O)c2ccc3ccccc3n2)cn1. The number of rotatable bonds is 3. The molecular weight excluding hydrogens is 238 g/mol. The van der Waals surface area contributed by atoms with Crippen molar-refractivity contribution in [2.75, 3.05) is 0 Å². The topological polar surface area (TPSA) is 47.8 Å². The Morgan fingerprint density at radius 3 is 2.84 bits per heavy atom. The van der Waals surface area contributed by atoms with Gasteiger partial charge in [0.2, 0.25) is 0 Å². The Morgan fingerprint density at radius 1 is 1.21 bits per heavy atom. The highest BCUT2D eigenvalue weighted by atomic mass is 16.1. The van der Waals surface area contributed by atoms with E-state index >= 15 is 0 Å². The van der Waals surface area contributed by atoms with Crippen LogP contribution in [0.3, 0.4) is 0 Å². The maximum atomic E-state index is 12.2. The molecule has 1 aromatic carbocycles. The van der Waals surface area contributed by atoms with Crippen LogP contribution in [-0.2, 0) is 13.5 Å². The molecule has 0 spiro atoms.